The molecule has 20 heavy (non-hydrogen) atoms. The zero-order chi connectivity index (χ0) is 14.5. The van der Waals surface area contributed by atoms with Gasteiger partial charge in [-0.25, -0.2) is 5.43 Å². The third-order valence-corrected chi connectivity index (χ3v) is 3.01. The first-order valence-corrected chi connectivity index (χ1v) is 6.76. The normalized spacial score (nSPS) is 12.4. The van der Waals surface area contributed by atoms with Gasteiger partial charge < -0.3 is 4.74 Å². The number of pyridine rings is 1. The van der Waals surface area contributed by atoms with Crippen molar-refractivity contribution in [3.05, 3.63) is 59.4 Å². The molecule has 1 aromatic carbocycles. The lowest BCUT2D eigenvalue weighted by Crippen LogP contribution is -2.29. The van der Waals surface area contributed by atoms with Crippen LogP contribution in [0.3, 0.4) is 0 Å². The second-order valence-corrected chi connectivity index (χ2v) is 5.03. The van der Waals surface area contributed by atoms with Crippen molar-refractivity contribution >= 4 is 0 Å². The predicted octanol–water partition coefficient (Wildman–Crippen LogP) is 2.73. The molecule has 0 bridgehead atoms. The van der Waals surface area contributed by atoms with Crippen molar-refractivity contribution in [3.63, 3.8) is 0 Å². The molecule has 3 N–H and O–H groups in total. The van der Waals surface area contributed by atoms with Gasteiger partial charge in [0.15, 0.2) is 0 Å². The molecule has 0 amide bonds. The number of para-hydroxylation sites is 1. The highest BCUT2D eigenvalue weighted by Crippen LogP contribution is 2.30. The molecule has 1 unspecified atom stereocenters. The van der Waals surface area contributed by atoms with Crippen molar-refractivity contribution in [1.82, 2.24) is 10.4 Å². The third-order valence-electron chi connectivity index (χ3n) is 3.01. The molecule has 1 heterocycles. The second-order valence-electron chi connectivity index (χ2n) is 5.03. The van der Waals surface area contributed by atoms with E-state index < -0.39 is 0 Å². The van der Waals surface area contributed by atoms with Crippen molar-refractivity contribution in [1.29, 1.82) is 0 Å². The van der Waals surface area contributed by atoms with E-state index in [-0.39, 0.29) is 12.1 Å². The Bertz CT molecular complexity index is 569. The maximum atomic E-state index is 5.87. The topological polar surface area (TPSA) is 60.2 Å². The van der Waals surface area contributed by atoms with E-state index in [4.69, 9.17) is 10.6 Å². The molecule has 4 heteroatoms. The van der Waals surface area contributed by atoms with Gasteiger partial charge in [0.2, 0.25) is 0 Å². The van der Waals surface area contributed by atoms with Crippen LogP contribution in [-0.4, -0.2) is 11.1 Å². The Labute approximate surface area is 120 Å². The molecule has 0 aliphatic carbocycles. The van der Waals surface area contributed by atoms with E-state index in [9.17, 15) is 0 Å². The van der Waals surface area contributed by atoms with Crippen molar-refractivity contribution in [2.75, 3.05) is 0 Å². The molecule has 2 aromatic rings. The van der Waals surface area contributed by atoms with Crippen LogP contribution in [-0.2, 0) is 0 Å². The lowest BCUT2D eigenvalue weighted by Gasteiger charge is -2.21. The largest absolute Gasteiger partial charge is 0.491 e. The van der Waals surface area contributed by atoms with Gasteiger partial charge in [0.05, 0.1) is 12.1 Å². The van der Waals surface area contributed by atoms with Crippen LogP contribution in [0, 0.1) is 6.92 Å². The zero-order valence-corrected chi connectivity index (χ0v) is 12.1. The van der Waals surface area contributed by atoms with E-state index in [0.717, 1.165) is 22.6 Å². The standard InChI is InChI=1S/C16H21N3O/c1-11(2)20-15-7-5-4-6-14(15)16(19-17)13-8-9-18-12(3)10-13/h4-11,16,19H,17H2,1-3H3. The maximum absolute atomic E-state index is 5.87. The Morgan fingerprint density at radius 3 is 2.60 bits per heavy atom. The maximum Gasteiger partial charge on any atom is 0.124 e. The molecular formula is C16H21N3O. The van der Waals surface area contributed by atoms with Crippen LogP contribution in [0.4, 0.5) is 0 Å². The van der Waals surface area contributed by atoms with Crippen molar-refractivity contribution in [2.45, 2.75) is 32.9 Å². The number of hydrogen-bond acceptors (Lipinski definition) is 4. The number of hydrazine groups is 1. The van der Waals surface area contributed by atoms with Crippen LogP contribution in [0.2, 0.25) is 0 Å². The van der Waals surface area contributed by atoms with E-state index in [2.05, 4.69) is 10.4 Å². The van der Waals surface area contributed by atoms with Gasteiger partial charge in [-0.15, -0.1) is 0 Å². The summed E-state index contributed by atoms with van der Waals surface area (Å²) in [5.74, 6) is 6.61. The van der Waals surface area contributed by atoms with E-state index in [1.807, 2.05) is 57.2 Å². The summed E-state index contributed by atoms with van der Waals surface area (Å²) < 4.78 is 5.87. The quantitative estimate of drug-likeness (QED) is 0.648. The molecule has 0 aliphatic rings. The van der Waals surface area contributed by atoms with Crippen molar-refractivity contribution in [3.8, 4) is 5.75 Å². The van der Waals surface area contributed by atoms with Gasteiger partial charge in [-0.2, -0.15) is 0 Å². The molecule has 2 rings (SSSR count). The Hall–Kier alpha value is -1.91. The molecule has 0 saturated heterocycles. The average molecular weight is 271 g/mol. The average Bonchev–Trinajstić information content (AvgIpc) is 2.41. The van der Waals surface area contributed by atoms with Crippen LogP contribution in [0.25, 0.3) is 0 Å². The summed E-state index contributed by atoms with van der Waals surface area (Å²) in [5.41, 5.74) is 5.92. The van der Waals surface area contributed by atoms with Crippen LogP contribution < -0.4 is 16.0 Å². The van der Waals surface area contributed by atoms with Gasteiger partial charge in [-0.3, -0.25) is 10.8 Å². The monoisotopic (exact) mass is 271 g/mol. The fourth-order valence-corrected chi connectivity index (χ4v) is 2.19. The van der Waals surface area contributed by atoms with Crippen LogP contribution in [0.5, 0.6) is 5.75 Å². The highest BCUT2D eigenvalue weighted by atomic mass is 16.5. The Kier molecular flexibility index (Phi) is 4.71. The Balaban J connectivity index is 2.41. The number of benzene rings is 1. The highest BCUT2D eigenvalue weighted by Gasteiger charge is 2.17. The summed E-state index contributed by atoms with van der Waals surface area (Å²) in [6.07, 6.45) is 1.91. The van der Waals surface area contributed by atoms with E-state index >= 15 is 0 Å². The summed E-state index contributed by atoms with van der Waals surface area (Å²) in [5, 5.41) is 0. The number of aryl methyl sites for hydroxylation is 1. The molecule has 0 spiro atoms. The van der Waals surface area contributed by atoms with Gasteiger partial charge in [-0.1, -0.05) is 18.2 Å². The van der Waals surface area contributed by atoms with Gasteiger partial charge in [0, 0.05) is 17.5 Å². The summed E-state index contributed by atoms with van der Waals surface area (Å²) in [7, 11) is 0. The van der Waals surface area contributed by atoms with E-state index in [1.54, 1.807) is 6.20 Å². The minimum Gasteiger partial charge on any atom is -0.491 e. The first-order valence-electron chi connectivity index (χ1n) is 6.76. The molecule has 0 aliphatic heterocycles. The summed E-state index contributed by atoms with van der Waals surface area (Å²) in [6.45, 7) is 5.99. The number of nitrogens with two attached hydrogens (primary N) is 1. The lowest BCUT2D eigenvalue weighted by atomic mass is 9.98. The molecule has 106 valence electrons. The fourth-order valence-electron chi connectivity index (χ4n) is 2.19. The molecular weight excluding hydrogens is 250 g/mol. The highest BCUT2D eigenvalue weighted by molar-refractivity contribution is 5.41. The van der Waals surface area contributed by atoms with Gasteiger partial charge >= 0.3 is 0 Å². The van der Waals surface area contributed by atoms with Crippen LogP contribution in [0.1, 0.15) is 36.7 Å². The zero-order valence-electron chi connectivity index (χ0n) is 12.1. The predicted molar refractivity (Wildman–Crippen MR) is 80.3 cm³/mol. The number of ether oxygens (including phenoxy) is 1. The molecule has 0 fully saturated rings. The smallest absolute Gasteiger partial charge is 0.124 e. The van der Waals surface area contributed by atoms with E-state index in [1.165, 1.54) is 0 Å². The number of nitrogens with zero attached hydrogens (tertiary/aromatic N) is 1. The number of hydrogen-bond donors (Lipinski definition) is 2. The molecule has 0 radical (unpaired) electrons. The summed E-state index contributed by atoms with van der Waals surface area (Å²) in [4.78, 5) is 4.22. The molecule has 4 nitrogen and oxygen atoms in total. The van der Waals surface area contributed by atoms with E-state index in [0.29, 0.717) is 0 Å². The Morgan fingerprint density at radius 2 is 1.95 bits per heavy atom. The van der Waals surface area contributed by atoms with Crippen molar-refractivity contribution < 1.29 is 4.74 Å². The van der Waals surface area contributed by atoms with Gasteiger partial charge in [0.25, 0.3) is 0 Å². The number of aromatic nitrogens is 1. The SMILES string of the molecule is Cc1cc(C(NN)c2ccccc2OC(C)C)ccn1. The number of nitrogens with one attached hydrogen (secondary N) is 1. The minimum absolute atomic E-state index is 0.119. The third kappa shape index (κ3) is 3.35. The van der Waals surface area contributed by atoms with Crippen LogP contribution in [0.15, 0.2) is 42.6 Å². The summed E-state index contributed by atoms with van der Waals surface area (Å²) in [6, 6.07) is 11.8. The van der Waals surface area contributed by atoms with Crippen LogP contribution >= 0.6 is 0 Å². The fraction of sp³-hybridized carbons (Fsp3) is 0.312. The first kappa shape index (κ1) is 14.5. The minimum atomic E-state index is -0.119. The molecule has 0 saturated carbocycles. The lowest BCUT2D eigenvalue weighted by molar-refractivity contribution is 0.238. The van der Waals surface area contributed by atoms with Gasteiger partial charge in [-0.05, 0) is 44.5 Å². The first-order chi connectivity index (χ1) is 9.61. The Morgan fingerprint density at radius 1 is 1.20 bits per heavy atom. The second kappa shape index (κ2) is 6.50. The number of rotatable bonds is 5. The van der Waals surface area contributed by atoms with Crippen molar-refractivity contribution in [2.24, 2.45) is 5.84 Å². The molecule has 1 aromatic heterocycles. The summed E-state index contributed by atoms with van der Waals surface area (Å²) >= 11 is 0. The van der Waals surface area contributed by atoms with Gasteiger partial charge in [0.1, 0.15) is 5.75 Å². The molecule has 1 atom stereocenters.